The Morgan fingerprint density at radius 2 is 2.29 bits per heavy atom. The SMILES string of the molecule is CC[C@@H](NC(=O)COc1ccc(Cl)cc1Cl)c1nn[nH]n1. The fraction of sp³-hybridized carbons (Fsp3) is 0.333. The number of benzene rings is 1. The Bertz CT molecular complexity index is 606. The number of ether oxygens (including phenoxy) is 1. The summed E-state index contributed by atoms with van der Waals surface area (Å²) in [6, 6.07) is 4.47. The molecule has 0 saturated carbocycles. The second kappa shape index (κ2) is 7.24. The zero-order valence-corrected chi connectivity index (χ0v) is 12.6. The molecule has 2 rings (SSSR count). The predicted octanol–water partition coefficient (Wildman–Crippen LogP) is 2.15. The van der Waals surface area contributed by atoms with Crippen LogP contribution in [0.4, 0.5) is 0 Å². The predicted molar refractivity (Wildman–Crippen MR) is 77.3 cm³/mol. The molecule has 1 heterocycles. The summed E-state index contributed by atoms with van der Waals surface area (Å²) in [6.45, 7) is 1.73. The van der Waals surface area contributed by atoms with Gasteiger partial charge in [0.1, 0.15) is 5.75 Å². The van der Waals surface area contributed by atoms with E-state index < -0.39 is 0 Å². The third-order valence-corrected chi connectivity index (χ3v) is 3.20. The third kappa shape index (κ3) is 4.30. The van der Waals surface area contributed by atoms with Gasteiger partial charge in [-0.25, -0.2) is 0 Å². The molecule has 2 N–H and O–H groups in total. The van der Waals surface area contributed by atoms with Crippen LogP contribution in [-0.4, -0.2) is 33.1 Å². The van der Waals surface area contributed by atoms with Gasteiger partial charge in [0.05, 0.1) is 11.1 Å². The van der Waals surface area contributed by atoms with Crippen LogP contribution < -0.4 is 10.1 Å². The first-order valence-electron chi connectivity index (χ1n) is 6.20. The summed E-state index contributed by atoms with van der Waals surface area (Å²) in [4.78, 5) is 11.9. The molecule has 0 fully saturated rings. The zero-order valence-electron chi connectivity index (χ0n) is 11.1. The summed E-state index contributed by atoms with van der Waals surface area (Å²) in [5.41, 5.74) is 0. The van der Waals surface area contributed by atoms with Crippen LogP contribution >= 0.6 is 23.2 Å². The van der Waals surface area contributed by atoms with Crippen LogP contribution in [0, 0.1) is 0 Å². The number of aromatic amines is 1. The van der Waals surface area contributed by atoms with Crippen molar-refractivity contribution in [3.05, 3.63) is 34.1 Å². The number of hydrogen-bond donors (Lipinski definition) is 2. The molecule has 9 heteroatoms. The topological polar surface area (TPSA) is 92.8 Å². The monoisotopic (exact) mass is 329 g/mol. The van der Waals surface area contributed by atoms with Crippen LogP contribution in [0.25, 0.3) is 0 Å². The molecule has 1 amide bonds. The second-order valence-electron chi connectivity index (χ2n) is 4.16. The van der Waals surface area contributed by atoms with Crippen molar-refractivity contribution >= 4 is 29.1 Å². The maximum Gasteiger partial charge on any atom is 0.258 e. The lowest BCUT2D eigenvalue weighted by atomic mass is 10.2. The highest BCUT2D eigenvalue weighted by molar-refractivity contribution is 6.35. The van der Waals surface area contributed by atoms with Gasteiger partial charge in [0.15, 0.2) is 12.4 Å². The van der Waals surface area contributed by atoms with E-state index in [-0.39, 0.29) is 18.6 Å². The third-order valence-electron chi connectivity index (χ3n) is 2.67. The summed E-state index contributed by atoms with van der Waals surface area (Å²) in [6.07, 6.45) is 0.632. The Balaban J connectivity index is 1.89. The van der Waals surface area contributed by atoms with E-state index in [9.17, 15) is 4.79 Å². The van der Waals surface area contributed by atoms with Crippen LogP contribution in [0.2, 0.25) is 10.0 Å². The van der Waals surface area contributed by atoms with Crippen molar-refractivity contribution in [2.24, 2.45) is 0 Å². The number of carbonyl (C=O) groups excluding carboxylic acids is 1. The van der Waals surface area contributed by atoms with E-state index in [4.69, 9.17) is 27.9 Å². The molecule has 112 valence electrons. The molecule has 0 bridgehead atoms. The molecule has 1 aromatic carbocycles. The van der Waals surface area contributed by atoms with E-state index in [2.05, 4.69) is 25.9 Å². The highest BCUT2D eigenvalue weighted by Gasteiger charge is 2.17. The van der Waals surface area contributed by atoms with Crippen LogP contribution in [0.3, 0.4) is 0 Å². The first-order valence-corrected chi connectivity index (χ1v) is 6.96. The fourth-order valence-corrected chi connectivity index (χ4v) is 2.10. The maximum absolute atomic E-state index is 11.9. The molecular weight excluding hydrogens is 317 g/mol. The van der Waals surface area contributed by atoms with Gasteiger partial charge < -0.3 is 10.1 Å². The van der Waals surface area contributed by atoms with Crippen molar-refractivity contribution < 1.29 is 9.53 Å². The Hall–Kier alpha value is -1.86. The second-order valence-corrected chi connectivity index (χ2v) is 5.01. The lowest BCUT2D eigenvalue weighted by molar-refractivity contribution is -0.123. The Kier molecular flexibility index (Phi) is 5.35. The molecule has 2 aromatic rings. The van der Waals surface area contributed by atoms with E-state index in [0.717, 1.165) is 0 Å². The minimum atomic E-state index is -0.319. The molecule has 0 radical (unpaired) electrons. The Morgan fingerprint density at radius 1 is 1.48 bits per heavy atom. The number of carbonyl (C=O) groups is 1. The van der Waals surface area contributed by atoms with E-state index in [1.165, 1.54) is 0 Å². The Labute approximate surface area is 131 Å². The van der Waals surface area contributed by atoms with Gasteiger partial charge in [0, 0.05) is 5.02 Å². The smallest absolute Gasteiger partial charge is 0.258 e. The molecule has 7 nitrogen and oxygen atoms in total. The van der Waals surface area contributed by atoms with Crippen molar-refractivity contribution in [1.82, 2.24) is 25.9 Å². The summed E-state index contributed by atoms with van der Waals surface area (Å²) in [5, 5.41) is 17.1. The number of tetrazole rings is 1. The van der Waals surface area contributed by atoms with Crippen molar-refractivity contribution in [2.45, 2.75) is 19.4 Å². The first kappa shape index (κ1) is 15.5. The lowest BCUT2D eigenvalue weighted by Crippen LogP contribution is -2.33. The zero-order chi connectivity index (χ0) is 15.2. The highest BCUT2D eigenvalue weighted by Crippen LogP contribution is 2.27. The Morgan fingerprint density at radius 3 is 2.90 bits per heavy atom. The molecule has 0 unspecified atom stereocenters. The molecule has 21 heavy (non-hydrogen) atoms. The van der Waals surface area contributed by atoms with Crippen LogP contribution in [0.1, 0.15) is 25.2 Å². The largest absolute Gasteiger partial charge is 0.482 e. The maximum atomic E-state index is 11.9. The van der Waals surface area contributed by atoms with Crippen LogP contribution in [0.15, 0.2) is 18.2 Å². The van der Waals surface area contributed by atoms with Crippen molar-refractivity contribution in [3.8, 4) is 5.75 Å². The van der Waals surface area contributed by atoms with Gasteiger partial charge in [-0.1, -0.05) is 35.3 Å². The highest BCUT2D eigenvalue weighted by atomic mass is 35.5. The van der Waals surface area contributed by atoms with Gasteiger partial charge in [-0.05, 0) is 24.6 Å². The minimum absolute atomic E-state index is 0.171. The normalized spacial score (nSPS) is 12.0. The number of halogens is 2. The molecule has 0 spiro atoms. The van der Waals surface area contributed by atoms with Crippen molar-refractivity contribution in [3.63, 3.8) is 0 Å². The van der Waals surface area contributed by atoms with E-state index in [1.807, 2.05) is 6.92 Å². The van der Waals surface area contributed by atoms with Gasteiger partial charge in [-0.3, -0.25) is 4.79 Å². The number of nitrogens with one attached hydrogen (secondary N) is 2. The number of aromatic nitrogens is 4. The fourth-order valence-electron chi connectivity index (χ4n) is 1.64. The molecule has 0 aliphatic heterocycles. The molecule has 0 aliphatic rings. The number of amides is 1. The quantitative estimate of drug-likeness (QED) is 0.847. The molecule has 0 saturated heterocycles. The average molecular weight is 330 g/mol. The van der Waals surface area contributed by atoms with Crippen LogP contribution in [-0.2, 0) is 4.79 Å². The number of H-pyrrole nitrogens is 1. The number of nitrogens with zero attached hydrogens (tertiary/aromatic N) is 3. The van der Waals surface area contributed by atoms with Gasteiger partial charge in [0.2, 0.25) is 0 Å². The first-order chi connectivity index (χ1) is 10.1. The number of hydrogen-bond acceptors (Lipinski definition) is 5. The standard InChI is InChI=1S/C12H13Cl2N5O2/c1-2-9(12-16-18-19-17-12)15-11(20)6-21-10-4-3-7(13)5-8(10)14/h3-5,9H,2,6H2,1H3,(H,15,20)(H,16,17,18,19)/t9-/m1/s1. The van der Waals surface area contributed by atoms with Gasteiger partial charge in [0.25, 0.3) is 5.91 Å². The van der Waals surface area contributed by atoms with Gasteiger partial charge >= 0.3 is 0 Å². The van der Waals surface area contributed by atoms with Gasteiger partial charge in [-0.2, -0.15) is 5.21 Å². The summed E-state index contributed by atoms with van der Waals surface area (Å²) in [7, 11) is 0. The molecule has 1 atom stereocenters. The van der Waals surface area contributed by atoms with E-state index in [0.29, 0.717) is 28.0 Å². The number of rotatable bonds is 6. The van der Waals surface area contributed by atoms with Crippen molar-refractivity contribution in [2.75, 3.05) is 6.61 Å². The molecular formula is C12H13Cl2N5O2. The summed E-state index contributed by atoms with van der Waals surface area (Å²) in [5.74, 6) is 0.511. The lowest BCUT2D eigenvalue weighted by Gasteiger charge is -2.14. The molecule has 1 aromatic heterocycles. The van der Waals surface area contributed by atoms with E-state index in [1.54, 1.807) is 18.2 Å². The van der Waals surface area contributed by atoms with Gasteiger partial charge in [-0.15, -0.1) is 10.2 Å². The summed E-state index contributed by atoms with van der Waals surface area (Å²) < 4.78 is 5.35. The van der Waals surface area contributed by atoms with Crippen LogP contribution in [0.5, 0.6) is 5.75 Å². The molecule has 0 aliphatic carbocycles. The summed E-state index contributed by atoms with van der Waals surface area (Å²) >= 11 is 11.7. The average Bonchev–Trinajstić information content (AvgIpc) is 2.98. The van der Waals surface area contributed by atoms with Crippen molar-refractivity contribution in [1.29, 1.82) is 0 Å². The van der Waals surface area contributed by atoms with E-state index >= 15 is 0 Å². The minimum Gasteiger partial charge on any atom is -0.482 e.